The van der Waals surface area contributed by atoms with E-state index in [0.29, 0.717) is 0 Å². The molecule has 0 atom stereocenters. The lowest BCUT2D eigenvalue weighted by molar-refractivity contribution is -0.124. The number of amides is 1. The van der Waals surface area contributed by atoms with Crippen molar-refractivity contribution in [2.24, 2.45) is 5.14 Å². The molecule has 1 fully saturated rings. The van der Waals surface area contributed by atoms with Crippen LogP contribution in [0, 0.1) is 0 Å². The molecule has 0 heterocycles. The molecule has 7 nitrogen and oxygen atoms in total. The standard InChI is InChI=1S/C14H17ClN2O5S/c15-12-6-5-10(23(16,20)21)7-11(12)14(19)22-8-13(18)17-9-3-1-2-4-9/h5-7,9H,1-4,8H2,(H,17,18)(H2,16,20,21). The average Bonchev–Trinajstić information content (AvgIpc) is 2.97. The van der Waals surface area contributed by atoms with Gasteiger partial charge in [0.1, 0.15) is 0 Å². The minimum absolute atomic E-state index is 0.0126. The van der Waals surface area contributed by atoms with Crippen LogP contribution >= 0.6 is 11.6 Å². The molecule has 1 aliphatic carbocycles. The van der Waals surface area contributed by atoms with E-state index in [2.05, 4.69) is 5.32 Å². The number of primary sulfonamides is 1. The number of carbonyl (C=O) groups is 2. The fourth-order valence-corrected chi connectivity index (χ4v) is 3.12. The average molecular weight is 361 g/mol. The first-order valence-electron chi connectivity index (χ1n) is 7.06. The first kappa shape index (κ1) is 17.7. The summed E-state index contributed by atoms with van der Waals surface area (Å²) < 4.78 is 27.5. The summed E-state index contributed by atoms with van der Waals surface area (Å²) in [6.45, 7) is -0.453. The summed E-state index contributed by atoms with van der Waals surface area (Å²) in [5, 5.41) is 7.79. The van der Waals surface area contributed by atoms with Crippen LogP contribution in [0.1, 0.15) is 36.0 Å². The number of sulfonamides is 1. The van der Waals surface area contributed by atoms with E-state index < -0.39 is 28.5 Å². The molecule has 0 unspecified atom stereocenters. The van der Waals surface area contributed by atoms with Gasteiger partial charge in [0.25, 0.3) is 5.91 Å². The van der Waals surface area contributed by atoms with Gasteiger partial charge in [-0.2, -0.15) is 0 Å². The SMILES string of the molecule is NS(=O)(=O)c1ccc(Cl)c(C(=O)OCC(=O)NC2CCCC2)c1. The molecular formula is C14H17ClN2O5S. The van der Waals surface area contributed by atoms with Crippen molar-refractivity contribution in [3.8, 4) is 0 Å². The first-order chi connectivity index (χ1) is 10.8. The minimum atomic E-state index is -3.97. The Morgan fingerprint density at radius 1 is 1.30 bits per heavy atom. The van der Waals surface area contributed by atoms with E-state index in [-0.39, 0.29) is 21.5 Å². The van der Waals surface area contributed by atoms with Gasteiger partial charge in [-0.1, -0.05) is 24.4 Å². The van der Waals surface area contributed by atoms with Gasteiger partial charge in [0.2, 0.25) is 10.0 Å². The van der Waals surface area contributed by atoms with Crippen molar-refractivity contribution in [3.63, 3.8) is 0 Å². The van der Waals surface area contributed by atoms with Crippen LogP contribution in [-0.4, -0.2) is 32.9 Å². The van der Waals surface area contributed by atoms with Crippen LogP contribution in [0.3, 0.4) is 0 Å². The van der Waals surface area contributed by atoms with Crippen molar-refractivity contribution in [1.82, 2.24) is 5.32 Å². The molecule has 0 radical (unpaired) electrons. The van der Waals surface area contributed by atoms with E-state index in [9.17, 15) is 18.0 Å². The summed E-state index contributed by atoms with van der Waals surface area (Å²) in [7, 11) is -3.97. The largest absolute Gasteiger partial charge is 0.452 e. The van der Waals surface area contributed by atoms with Crippen molar-refractivity contribution >= 4 is 33.5 Å². The maximum absolute atomic E-state index is 12.0. The van der Waals surface area contributed by atoms with Gasteiger partial charge in [0.05, 0.1) is 15.5 Å². The van der Waals surface area contributed by atoms with Crippen molar-refractivity contribution in [1.29, 1.82) is 0 Å². The Labute approximate surface area is 139 Å². The Bertz CT molecular complexity index is 714. The lowest BCUT2D eigenvalue weighted by Gasteiger charge is -2.12. The van der Waals surface area contributed by atoms with Crippen molar-refractivity contribution in [2.75, 3.05) is 6.61 Å². The summed E-state index contributed by atoms with van der Waals surface area (Å²) in [4.78, 5) is 23.4. The molecule has 0 aliphatic heterocycles. The lowest BCUT2D eigenvalue weighted by Crippen LogP contribution is -2.35. The normalized spacial score (nSPS) is 15.4. The van der Waals surface area contributed by atoms with E-state index in [4.69, 9.17) is 21.5 Å². The third-order valence-electron chi connectivity index (χ3n) is 3.54. The number of carbonyl (C=O) groups excluding carboxylic acids is 2. The Kier molecular flexibility index (Phi) is 5.61. The van der Waals surface area contributed by atoms with Crippen LogP contribution in [0.4, 0.5) is 0 Å². The Morgan fingerprint density at radius 2 is 1.96 bits per heavy atom. The maximum atomic E-state index is 12.0. The van der Waals surface area contributed by atoms with Crippen LogP contribution in [0.5, 0.6) is 0 Å². The van der Waals surface area contributed by atoms with E-state index >= 15 is 0 Å². The lowest BCUT2D eigenvalue weighted by atomic mass is 10.2. The van der Waals surface area contributed by atoms with Gasteiger partial charge in [0, 0.05) is 6.04 Å². The number of rotatable bonds is 5. The number of nitrogens with two attached hydrogens (primary N) is 1. The summed E-state index contributed by atoms with van der Waals surface area (Å²) in [5.74, 6) is -1.29. The van der Waals surface area contributed by atoms with Crippen molar-refractivity contribution < 1.29 is 22.7 Å². The van der Waals surface area contributed by atoms with Crippen LogP contribution in [0.15, 0.2) is 23.1 Å². The molecule has 0 bridgehead atoms. The van der Waals surface area contributed by atoms with Gasteiger partial charge in [0.15, 0.2) is 6.61 Å². The number of hydrogen-bond acceptors (Lipinski definition) is 5. The van der Waals surface area contributed by atoms with Crippen LogP contribution in [-0.2, 0) is 19.6 Å². The Hall–Kier alpha value is -1.64. The number of halogens is 1. The van der Waals surface area contributed by atoms with E-state index in [1.54, 1.807) is 0 Å². The molecule has 1 aromatic carbocycles. The smallest absolute Gasteiger partial charge is 0.340 e. The topological polar surface area (TPSA) is 116 Å². The highest BCUT2D eigenvalue weighted by molar-refractivity contribution is 7.89. The molecule has 9 heteroatoms. The summed E-state index contributed by atoms with van der Waals surface area (Å²) in [6.07, 6.45) is 3.98. The summed E-state index contributed by atoms with van der Waals surface area (Å²) in [6, 6.07) is 3.56. The van der Waals surface area contributed by atoms with Crippen LogP contribution < -0.4 is 10.5 Å². The number of nitrogens with one attached hydrogen (secondary N) is 1. The molecule has 1 saturated carbocycles. The molecule has 3 N–H and O–H groups in total. The highest BCUT2D eigenvalue weighted by atomic mass is 35.5. The van der Waals surface area contributed by atoms with Gasteiger partial charge in [-0.15, -0.1) is 0 Å². The van der Waals surface area contributed by atoms with Gasteiger partial charge in [-0.3, -0.25) is 4.79 Å². The molecule has 0 saturated heterocycles. The second-order valence-corrected chi connectivity index (χ2v) is 7.28. The van der Waals surface area contributed by atoms with Crippen molar-refractivity contribution in [3.05, 3.63) is 28.8 Å². The number of ether oxygens (including phenoxy) is 1. The zero-order valence-electron chi connectivity index (χ0n) is 12.2. The molecule has 1 amide bonds. The zero-order valence-corrected chi connectivity index (χ0v) is 13.8. The fourth-order valence-electron chi connectivity index (χ4n) is 2.39. The zero-order chi connectivity index (χ0) is 17.0. The minimum Gasteiger partial charge on any atom is -0.452 e. The third kappa shape index (κ3) is 4.92. The molecule has 2 rings (SSSR count). The molecule has 0 aromatic heterocycles. The van der Waals surface area contributed by atoms with Crippen LogP contribution in [0.25, 0.3) is 0 Å². The molecule has 1 aromatic rings. The summed E-state index contributed by atoms with van der Waals surface area (Å²) in [5.41, 5.74) is -0.160. The highest BCUT2D eigenvalue weighted by Crippen LogP contribution is 2.21. The van der Waals surface area contributed by atoms with E-state index in [1.807, 2.05) is 0 Å². The maximum Gasteiger partial charge on any atom is 0.340 e. The molecule has 23 heavy (non-hydrogen) atoms. The molecular weight excluding hydrogens is 344 g/mol. The number of hydrogen-bond donors (Lipinski definition) is 2. The fraction of sp³-hybridized carbons (Fsp3) is 0.429. The van der Waals surface area contributed by atoms with Gasteiger partial charge < -0.3 is 10.1 Å². The van der Waals surface area contributed by atoms with E-state index in [1.165, 1.54) is 12.1 Å². The highest BCUT2D eigenvalue weighted by Gasteiger charge is 2.20. The Morgan fingerprint density at radius 3 is 2.57 bits per heavy atom. The van der Waals surface area contributed by atoms with Gasteiger partial charge in [-0.05, 0) is 31.0 Å². The number of esters is 1. The first-order valence-corrected chi connectivity index (χ1v) is 8.98. The predicted molar refractivity (Wildman–Crippen MR) is 83.5 cm³/mol. The monoisotopic (exact) mass is 360 g/mol. The summed E-state index contributed by atoms with van der Waals surface area (Å²) >= 11 is 5.86. The number of benzene rings is 1. The Balaban J connectivity index is 1.98. The van der Waals surface area contributed by atoms with Gasteiger partial charge in [-0.25, -0.2) is 18.4 Å². The van der Waals surface area contributed by atoms with Gasteiger partial charge >= 0.3 is 5.97 Å². The second-order valence-electron chi connectivity index (χ2n) is 5.31. The molecule has 1 aliphatic rings. The van der Waals surface area contributed by atoms with Crippen molar-refractivity contribution in [2.45, 2.75) is 36.6 Å². The van der Waals surface area contributed by atoms with Crippen LogP contribution in [0.2, 0.25) is 5.02 Å². The quantitative estimate of drug-likeness (QED) is 0.765. The predicted octanol–water partition coefficient (Wildman–Crippen LogP) is 1.20. The molecule has 0 spiro atoms. The second kappa shape index (κ2) is 7.29. The third-order valence-corrected chi connectivity index (χ3v) is 4.78. The van der Waals surface area contributed by atoms with E-state index in [0.717, 1.165) is 31.7 Å². The molecule has 126 valence electrons.